The second-order valence-electron chi connectivity index (χ2n) is 2.66. The van der Waals surface area contributed by atoms with E-state index < -0.39 is 6.98 Å². The zero-order chi connectivity index (χ0) is 9.90. The van der Waals surface area contributed by atoms with Gasteiger partial charge in [0.05, 0.1) is 0 Å². The number of benzene rings is 1. The van der Waals surface area contributed by atoms with Crippen molar-refractivity contribution in [2.24, 2.45) is 0 Å². The molecule has 0 aromatic heterocycles. The van der Waals surface area contributed by atoms with Gasteiger partial charge in [-0.3, -0.25) is 0 Å². The highest BCUT2D eigenvalue weighted by atomic mass is 19.4. The van der Waals surface area contributed by atoms with Crippen LogP contribution in [-0.2, 0) is 0 Å². The van der Waals surface area contributed by atoms with E-state index in [1.165, 1.54) is 5.82 Å². The van der Waals surface area contributed by atoms with Crippen LogP contribution < -0.4 is 0 Å². The normalized spacial score (nSPS) is 10.5. The van der Waals surface area contributed by atoms with E-state index in [1.807, 2.05) is 0 Å². The molecule has 0 radical (unpaired) electrons. The highest BCUT2D eigenvalue weighted by Crippen LogP contribution is 2.08. The van der Waals surface area contributed by atoms with Gasteiger partial charge in [0.15, 0.2) is 0 Å². The third-order valence-corrected chi connectivity index (χ3v) is 1.52. The molecule has 1 rings (SSSR count). The highest BCUT2D eigenvalue weighted by molar-refractivity contribution is 6.67. The van der Waals surface area contributed by atoms with Gasteiger partial charge < -0.3 is 12.9 Å². The summed E-state index contributed by atoms with van der Waals surface area (Å²) in [6.07, 6.45) is 0. The van der Waals surface area contributed by atoms with Crippen molar-refractivity contribution >= 4 is 6.98 Å². The van der Waals surface area contributed by atoms with E-state index >= 15 is 0 Å². The van der Waals surface area contributed by atoms with Crippen molar-refractivity contribution in [2.75, 3.05) is 0 Å². The van der Waals surface area contributed by atoms with Crippen LogP contribution in [0, 0.1) is 18.7 Å². The number of hydrogen-bond acceptors (Lipinski definition) is 0. The Hall–Kier alpha value is -1.37. The molecular formula is C9H7BF3-. The smallest absolute Gasteiger partial charge is 0.438 e. The maximum atomic E-state index is 11.8. The van der Waals surface area contributed by atoms with E-state index in [-0.39, 0.29) is 0 Å². The molecule has 1 aromatic carbocycles. The second-order valence-corrected chi connectivity index (χ2v) is 2.66. The molecule has 0 N–H and O–H groups in total. The lowest BCUT2D eigenvalue weighted by molar-refractivity contribution is 0.504. The van der Waals surface area contributed by atoms with Gasteiger partial charge in [0.25, 0.3) is 0 Å². The van der Waals surface area contributed by atoms with Crippen molar-refractivity contribution in [3.8, 4) is 11.7 Å². The van der Waals surface area contributed by atoms with Crippen molar-refractivity contribution in [1.82, 2.24) is 0 Å². The fraction of sp³-hybridized carbons (Fsp3) is 0.111. The molecule has 0 aliphatic rings. The minimum atomic E-state index is -5.00. The van der Waals surface area contributed by atoms with E-state index in [0.29, 0.717) is 5.56 Å². The van der Waals surface area contributed by atoms with Gasteiger partial charge in [-0.1, -0.05) is 18.2 Å². The number of hydrogen-bond donors (Lipinski definition) is 0. The lowest BCUT2D eigenvalue weighted by atomic mass is 9.93. The SMILES string of the molecule is Cc1ccccc1C#C[B-](F)(F)F. The van der Waals surface area contributed by atoms with Crippen LogP contribution in [0.2, 0.25) is 0 Å². The molecular weight excluding hydrogens is 176 g/mol. The molecule has 0 heterocycles. The zero-order valence-electron chi connectivity index (χ0n) is 7.02. The van der Waals surface area contributed by atoms with E-state index in [1.54, 1.807) is 31.2 Å². The maximum Gasteiger partial charge on any atom is 0.558 e. The second kappa shape index (κ2) is 3.57. The first-order valence-corrected chi connectivity index (χ1v) is 3.77. The van der Waals surface area contributed by atoms with Crippen LogP contribution in [0.1, 0.15) is 11.1 Å². The lowest BCUT2D eigenvalue weighted by Gasteiger charge is -2.03. The Morgan fingerprint density at radius 1 is 1.15 bits per heavy atom. The van der Waals surface area contributed by atoms with E-state index in [4.69, 9.17) is 0 Å². The molecule has 0 saturated carbocycles. The molecule has 0 unspecified atom stereocenters. The fourth-order valence-corrected chi connectivity index (χ4v) is 0.873. The number of aryl methyl sites for hydroxylation is 1. The summed E-state index contributed by atoms with van der Waals surface area (Å²) >= 11 is 0. The fourth-order valence-electron chi connectivity index (χ4n) is 0.873. The molecule has 68 valence electrons. The first kappa shape index (κ1) is 9.72. The molecule has 0 fully saturated rings. The maximum absolute atomic E-state index is 11.8. The van der Waals surface area contributed by atoms with Gasteiger partial charge in [0, 0.05) is 5.56 Å². The van der Waals surface area contributed by atoms with Crippen LogP contribution in [-0.4, -0.2) is 6.98 Å². The Kier molecular flexibility index (Phi) is 2.67. The predicted molar refractivity (Wildman–Crippen MR) is 47.1 cm³/mol. The van der Waals surface area contributed by atoms with Crippen molar-refractivity contribution < 1.29 is 12.9 Å². The molecule has 0 nitrogen and oxygen atoms in total. The van der Waals surface area contributed by atoms with Gasteiger partial charge in [-0.15, -0.1) is 5.92 Å². The summed E-state index contributed by atoms with van der Waals surface area (Å²) in [7, 11) is 0. The summed E-state index contributed by atoms with van der Waals surface area (Å²) in [4.78, 5) is 0. The first-order chi connectivity index (χ1) is 5.99. The molecule has 1 aromatic rings. The Morgan fingerprint density at radius 3 is 2.31 bits per heavy atom. The van der Waals surface area contributed by atoms with Gasteiger partial charge in [-0.05, 0) is 18.6 Å². The van der Waals surface area contributed by atoms with Crippen LogP contribution in [0.5, 0.6) is 0 Å². The minimum Gasteiger partial charge on any atom is -0.438 e. The summed E-state index contributed by atoms with van der Waals surface area (Å²) in [6.45, 7) is -3.27. The van der Waals surface area contributed by atoms with Gasteiger partial charge >= 0.3 is 6.98 Å². The monoisotopic (exact) mass is 183 g/mol. The Morgan fingerprint density at radius 2 is 1.77 bits per heavy atom. The molecule has 0 spiro atoms. The van der Waals surface area contributed by atoms with Crippen molar-refractivity contribution in [1.29, 1.82) is 0 Å². The summed E-state index contributed by atoms with van der Waals surface area (Å²) in [6, 6.07) is 6.73. The minimum absolute atomic E-state index is 0.432. The molecule has 0 amide bonds. The molecule has 0 aliphatic heterocycles. The molecule has 4 heteroatoms. The van der Waals surface area contributed by atoms with Crippen LogP contribution in [0.25, 0.3) is 0 Å². The average molecular weight is 183 g/mol. The van der Waals surface area contributed by atoms with Gasteiger partial charge in [-0.25, -0.2) is 0 Å². The van der Waals surface area contributed by atoms with Crippen LogP contribution in [0.15, 0.2) is 24.3 Å². The predicted octanol–water partition coefficient (Wildman–Crippen LogP) is 2.73. The first-order valence-electron chi connectivity index (χ1n) is 3.77. The van der Waals surface area contributed by atoms with E-state index in [0.717, 1.165) is 5.56 Å². The van der Waals surface area contributed by atoms with E-state index in [9.17, 15) is 12.9 Å². The van der Waals surface area contributed by atoms with Crippen molar-refractivity contribution in [3.63, 3.8) is 0 Å². The lowest BCUT2D eigenvalue weighted by Crippen LogP contribution is -2.10. The standard InChI is InChI=1S/C9H7BF3/c1-8-4-2-3-5-9(8)6-7-10(11,12)13/h2-5H,1H3/q-1. The Balaban J connectivity index is 2.97. The summed E-state index contributed by atoms with van der Waals surface area (Å²) in [5.74, 6) is 3.40. The largest absolute Gasteiger partial charge is 0.558 e. The topological polar surface area (TPSA) is 0 Å². The molecule has 13 heavy (non-hydrogen) atoms. The third kappa shape index (κ3) is 3.24. The molecule has 0 aliphatic carbocycles. The van der Waals surface area contributed by atoms with Crippen molar-refractivity contribution in [2.45, 2.75) is 6.92 Å². The summed E-state index contributed by atoms with van der Waals surface area (Å²) in [5, 5.41) is 0. The van der Waals surface area contributed by atoms with Crippen LogP contribution in [0.3, 0.4) is 0 Å². The average Bonchev–Trinajstić information content (AvgIpc) is 2.01. The molecule has 0 atom stereocenters. The molecule has 0 saturated heterocycles. The quantitative estimate of drug-likeness (QED) is 0.428. The van der Waals surface area contributed by atoms with E-state index in [2.05, 4.69) is 5.92 Å². The summed E-state index contributed by atoms with van der Waals surface area (Å²) in [5.41, 5.74) is 1.19. The van der Waals surface area contributed by atoms with Crippen LogP contribution >= 0.6 is 0 Å². The van der Waals surface area contributed by atoms with Gasteiger partial charge in [-0.2, -0.15) is 5.82 Å². The third-order valence-electron chi connectivity index (χ3n) is 1.52. The Labute approximate surface area is 74.8 Å². The van der Waals surface area contributed by atoms with Crippen molar-refractivity contribution in [3.05, 3.63) is 35.4 Å². The summed E-state index contributed by atoms with van der Waals surface area (Å²) < 4.78 is 35.3. The number of rotatable bonds is 0. The van der Waals surface area contributed by atoms with Gasteiger partial charge in [0.1, 0.15) is 0 Å². The Bertz CT molecular complexity index is 357. The highest BCUT2D eigenvalue weighted by Gasteiger charge is 2.18. The number of halogens is 3. The van der Waals surface area contributed by atoms with Gasteiger partial charge in [0.2, 0.25) is 0 Å². The molecule has 0 bridgehead atoms. The zero-order valence-corrected chi connectivity index (χ0v) is 7.02. The van der Waals surface area contributed by atoms with Crippen LogP contribution in [0.4, 0.5) is 12.9 Å².